The number of methoxy groups -OCH3 is 1. The van der Waals surface area contributed by atoms with Crippen LogP contribution in [0, 0.1) is 0 Å². The molecule has 1 saturated heterocycles. The van der Waals surface area contributed by atoms with Crippen molar-refractivity contribution in [3.05, 3.63) is 21.9 Å². The molecular formula is C13H18N2O3S. The molecule has 0 bridgehead atoms. The van der Waals surface area contributed by atoms with Crippen molar-refractivity contribution in [1.82, 2.24) is 10.6 Å². The fourth-order valence-electron chi connectivity index (χ4n) is 2.03. The molecule has 2 heterocycles. The summed E-state index contributed by atoms with van der Waals surface area (Å²) in [7, 11) is 1.40. The van der Waals surface area contributed by atoms with Crippen molar-refractivity contribution in [3.63, 3.8) is 0 Å². The molecule has 2 rings (SSSR count). The Bertz CT molecular complexity index is 458. The molecule has 6 heteroatoms. The van der Waals surface area contributed by atoms with Crippen LogP contribution in [-0.2, 0) is 27.3 Å². The Balaban J connectivity index is 1.71. The maximum atomic E-state index is 11.1. The van der Waals surface area contributed by atoms with E-state index in [1.165, 1.54) is 12.0 Å². The van der Waals surface area contributed by atoms with E-state index >= 15 is 0 Å². The van der Waals surface area contributed by atoms with Crippen molar-refractivity contribution in [3.8, 4) is 0 Å². The number of thiophene rings is 1. The molecule has 1 unspecified atom stereocenters. The standard InChI is InChI=1S/C13H18N2O3S/c1-18-13(17)6-10-3-4-11(19-10)8-14-7-9-2-5-12(16)15-9/h3-4,9,14H,2,5-8H2,1H3,(H,15,16). The van der Waals surface area contributed by atoms with E-state index < -0.39 is 0 Å². The Morgan fingerprint density at radius 1 is 1.53 bits per heavy atom. The van der Waals surface area contributed by atoms with Crippen molar-refractivity contribution in [2.24, 2.45) is 0 Å². The zero-order valence-electron chi connectivity index (χ0n) is 10.9. The van der Waals surface area contributed by atoms with Gasteiger partial charge in [-0.15, -0.1) is 11.3 Å². The van der Waals surface area contributed by atoms with Gasteiger partial charge >= 0.3 is 5.97 Å². The van der Waals surface area contributed by atoms with E-state index in [2.05, 4.69) is 15.4 Å². The van der Waals surface area contributed by atoms with Gasteiger partial charge in [0, 0.05) is 35.3 Å². The maximum absolute atomic E-state index is 11.1. The lowest BCUT2D eigenvalue weighted by atomic mass is 10.2. The van der Waals surface area contributed by atoms with Crippen LogP contribution < -0.4 is 10.6 Å². The number of ether oxygens (including phenoxy) is 1. The second-order valence-electron chi connectivity index (χ2n) is 4.55. The van der Waals surface area contributed by atoms with Crippen molar-refractivity contribution in [2.75, 3.05) is 13.7 Å². The van der Waals surface area contributed by atoms with Gasteiger partial charge in [-0.25, -0.2) is 0 Å². The molecule has 1 aromatic rings. The summed E-state index contributed by atoms with van der Waals surface area (Å²) < 4.78 is 4.63. The summed E-state index contributed by atoms with van der Waals surface area (Å²) in [5.41, 5.74) is 0. The SMILES string of the molecule is COC(=O)Cc1ccc(CNCC2CCC(=O)N2)s1. The molecule has 1 amide bonds. The first-order valence-corrected chi connectivity index (χ1v) is 7.13. The van der Waals surface area contributed by atoms with Crippen LogP contribution in [0.2, 0.25) is 0 Å². The third-order valence-electron chi connectivity index (χ3n) is 3.04. The molecule has 0 saturated carbocycles. The van der Waals surface area contributed by atoms with E-state index in [0.717, 1.165) is 24.4 Å². The van der Waals surface area contributed by atoms with Crippen LogP contribution in [0.1, 0.15) is 22.6 Å². The van der Waals surface area contributed by atoms with E-state index in [-0.39, 0.29) is 17.9 Å². The minimum Gasteiger partial charge on any atom is -0.469 e. The van der Waals surface area contributed by atoms with Gasteiger partial charge in [0.05, 0.1) is 13.5 Å². The Morgan fingerprint density at radius 3 is 3.00 bits per heavy atom. The summed E-state index contributed by atoms with van der Waals surface area (Å²) in [5.74, 6) is -0.0710. The van der Waals surface area contributed by atoms with E-state index in [0.29, 0.717) is 12.8 Å². The summed E-state index contributed by atoms with van der Waals surface area (Å²) in [6.07, 6.45) is 1.87. The molecule has 19 heavy (non-hydrogen) atoms. The molecule has 1 atom stereocenters. The zero-order chi connectivity index (χ0) is 13.7. The van der Waals surface area contributed by atoms with Gasteiger partial charge < -0.3 is 15.4 Å². The number of hydrogen-bond donors (Lipinski definition) is 2. The second kappa shape index (κ2) is 6.68. The number of rotatable bonds is 6. The van der Waals surface area contributed by atoms with Gasteiger partial charge in [0.25, 0.3) is 0 Å². The second-order valence-corrected chi connectivity index (χ2v) is 5.81. The summed E-state index contributed by atoms with van der Waals surface area (Å²) >= 11 is 1.61. The van der Waals surface area contributed by atoms with Gasteiger partial charge in [-0.05, 0) is 18.6 Å². The van der Waals surface area contributed by atoms with Crippen LogP contribution in [-0.4, -0.2) is 31.6 Å². The molecule has 1 aromatic heterocycles. The smallest absolute Gasteiger partial charge is 0.310 e. The number of hydrogen-bond acceptors (Lipinski definition) is 5. The molecule has 0 aliphatic carbocycles. The van der Waals surface area contributed by atoms with Crippen LogP contribution in [0.4, 0.5) is 0 Å². The largest absolute Gasteiger partial charge is 0.469 e. The third kappa shape index (κ3) is 4.33. The van der Waals surface area contributed by atoms with Gasteiger partial charge in [0.2, 0.25) is 5.91 Å². The van der Waals surface area contributed by atoms with Gasteiger partial charge in [-0.3, -0.25) is 9.59 Å². The first-order valence-electron chi connectivity index (χ1n) is 6.32. The van der Waals surface area contributed by atoms with Crippen LogP contribution in [0.25, 0.3) is 0 Å². The number of amides is 1. The molecule has 0 radical (unpaired) electrons. The van der Waals surface area contributed by atoms with Crippen LogP contribution in [0.5, 0.6) is 0 Å². The highest BCUT2D eigenvalue weighted by Crippen LogP contribution is 2.17. The number of carbonyl (C=O) groups excluding carboxylic acids is 2. The van der Waals surface area contributed by atoms with E-state index in [1.54, 1.807) is 11.3 Å². The Labute approximate surface area is 116 Å². The van der Waals surface area contributed by atoms with Crippen molar-refractivity contribution in [1.29, 1.82) is 0 Å². The lowest BCUT2D eigenvalue weighted by molar-refractivity contribution is -0.139. The van der Waals surface area contributed by atoms with Crippen molar-refractivity contribution in [2.45, 2.75) is 31.8 Å². The fourth-order valence-corrected chi connectivity index (χ4v) is 3.00. The van der Waals surface area contributed by atoms with E-state index in [9.17, 15) is 9.59 Å². The topological polar surface area (TPSA) is 67.4 Å². The normalized spacial score (nSPS) is 18.4. The number of esters is 1. The van der Waals surface area contributed by atoms with Crippen molar-refractivity contribution < 1.29 is 14.3 Å². The van der Waals surface area contributed by atoms with Gasteiger partial charge in [-0.1, -0.05) is 0 Å². The van der Waals surface area contributed by atoms with Crippen LogP contribution in [0.15, 0.2) is 12.1 Å². The summed E-state index contributed by atoms with van der Waals surface area (Å²) in [6, 6.07) is 4.22. The molecule has 0 spiro atoms. The Hall–Kier alpha value is -1.40. The zero-order valence-corrected chi connectivity index (χ0v) is 11.7. The predicted octanol–water partition coefficient (Wildman–Crippen LogP) is 0.832. The van der Waals surface area contributed by atoms with E-state index in [4.69, 9.17) is 0 Å². The van der Waals surface area contributed by atoms with E-state index in [1.807, 2.05) is 12.1 Å². The summed E-state index contributed by atoms with van der Waals surface area (Å²) in [5, 5.41) is 6.24. The van der Waals surface area contributed by atoms with Crippen molar-refractivity contribution >= 4 is 23.2 Å². The molecule has 5 nitrogen and oxygen atoms in total. The monoisotopic (exact) mass is 282 g/mol. The minimum atomic E-state index is -0.213. The quantitative estimate of drug-likeness (QED) is 0.759. The number of nitrogens with one attached hydrogen (secondary N) is 2. The average Bonchev–Trinajstić information content (AvgIpc) is 2.99. The maximum Gasteiger partial charge on any atom is 0.310 e. The predicted molar refractivity (Wildman–Crippen MR) is 72.9 cm³/mol. The first kappa shape index (κ1) is 14.0. The average molecular weight is 282 g/mol. The Morgan fingerprint density at radius 2 is 2.32 bits per heavy atom. The molecular weight excluding hydrogens is 264 g/mol. The molecule has 1 aliphatic rings. The summed E-state index contributed by atoms with van der Waals surface area (Å²) in [6.45, 7) is 1.55. The van der Waals surface area contributed by atoms with Gasteiger partial charge in [0.15, 0.2) is 0 Å². The minimum absolute atomic E-state index is 0.142. The first-order chi connectivity index (χ1) is 9.17. The molecule has 1 aliphatic heterocycles. The summed E-state index contributed by atoms with van der Waals surface area (Å²) in [4.78, 5) is 24.4. The third-order valence-corrected chi connectivity index (χ3v) is 4.12. The highest BCUT2D eigenvalue weighted by atomic mass is 32.1. The molecule has 104 valence electrons. The molecule has 2 N–H and O–H groups in total. The highest BCUT2D eigenvalue weighted by molar-refractivity contribution is 7.12. The Kier molecular flexibility index (Phi) is 4.93. The lowest BCUT2D eigenvalue weighted by Gasteiger charge is -2.10. The van der Waals surface area contributed by atoms with Crippen LogP contribution >= 0.6 is 11.3 Å². The van der Waals surface area contributed by atoms with Gasteiger partial charge in [0.1, 0.15) is 0 Å². The number of carbonyl (C=O) groups is 2. The molecule has 1 fully saturated rings. The highest BCUT2D eigenvalue weighted by Gasteiger charge is 2.19. The molecule has 0 aromatic carbocycles. The van der Waals surface area contributed by atoms with Gasteiger partial charge in [-0.2, -0.15) is 0 Å². The van der Waals surface area contributed by atoms with Crippen LogP contribution in [0.3, 0.4) is 0 Å². The fraction of sp³-hybridized carbons (Fsp3) is 0.538. The lowest BCUT2D eigenvalue weighted by Crippen LogP contribution is -2.35.